The summed E-state index contributed by atoms with van der Waals surface area (Å²) in [6.07, 6.45) is 3.84. The number of rotatable bonds is 1. The van der Waals surface area contributed by atoms with Gasteiger partial charge in [0.2, 0.25) is 5.91 Å². The molecule has 0 aromatic carbocycles. The van der Waals surface area contributed by atoms with Gasteiger partial charge < -0.3 is 10.4 Å². The molecule has 2 atom stereocenters. The molecule has 1 amide bonds. The van der Waals surface area contributed by atoms with Gasteiger partial charge in [0.15, 0.2) is 0 Å². The molecule has 0 heterocycles. The van der Waals surface area contributed by atoms with Gasteiger partial charge in [-0.2, -0.15) is 0 Å². The number of hydrogen-bond acceptors (Lipinski definition) is 2. The van der Waals surface area contributed by atoms with Crippen molar-refractivity contribution in [2.24, 2.45) is 0 Å². The molecule has 0 bridgehead atoms. The largest absolute Gasteiger partial charge is 0.388 e. The quantitative estimate of drug-likeness (QED) is 0.613. The number of carbonyl (C=O) groups is 1. The molecule has 0 spiro atoms. The van der Waals surface area contributed by atoms with Gasteiger partial charge >= 0.3 is 0 Å². The molecule has 1 saturated carbocycles. The lowest BCUT2D eigenvalue weighted by Gasteiger charge is -2.37. The third kappa shape index (κ3) is 2.21. The lowest BCUT2D eigenvalue weighted by Crippen LogP contribution is -2.52. The van der Waals surface area contributed by atoms with Crippen molar-refractivity contribution in [3.63, 3.8) is 0 Å². The van der Waals surface area contributed by atoms with Crippen molar-refractivity contribution in [2.45, 2.75) is 51.2 Å². The predicted octanol–water partition coefficient (Wildman–Crippen LogP) is 0.816. The zero-order valence-corrected chi connectivity index (χ0v) is 7.76. The molecule has 0 aromatic heterocycles. The Morgan fingerprint density at radius 2 is 2.25 bits per heavy atom. The lowest BCUT2D eigenvalue weighted by atomic mass is 9.82. The van der Waals surface area contributed by atoms with E-state index in [9.17, 15) is 9.90 Å². The van der Waals surface area contributed by atoms with E-state index >= 15 is 0 Å². The molecule has 12 heavy (non-hydrogen) atoms. The number of nitrogens with one attached hydrogen (secondary N) is 1. The highest BCUT2D eigenvalue weighted by Crippen LogP contribution is 2.27. The number of aliphatic hydroxyl groups is 1. The molecule has 1 aliphatic carbocycles. The Morgan fingerprint density at radius 1 is 1.58 bits per heavy atom. The third-order valence-electron chi connectivity index (χ3n) is 2.55. The second-order valence-corrected chi connectivity index (χ2v) is 3.86. The van der Waals surface area contributed by atoms with Gasteiger partial charge in [-0.15, -0.1) is 0 Å². The molecular formula is C9H17NO2. The Hall–Kier alpha value is -0.570. The lowest BCUT2D eigenvalue weighted by molar-refractivity contribution is -0.122. The van der Waals surface area contributed by atoms with E-state index in [2.05, 4.69) is 5.32 Å². The predicted molar refractivity (Wildman–Crippen MR) is 46.7 cm³/mol. The molecule has 2 N–H and O–H groups in total. The van der Waals surface area contributed by atoms with Crippen LogP contribution in [-0.4, -0.2) is 22.7 Å². The van der Waals surface area contributed by atoms with Crippen LogP contribution in [0.15, 0.2) is 0 Å². The van der Waals surface area contributed by atoms with Crippen LogP contribution in [0.4, 0.5) is 0 Å². The van der Waals surface area contributed by atoms with Crippen molar-refractivity contribution in [1.82, 2.24) is 5.32 Å². The molecule has 0 saturated heterocycles. The molecule has 2 unspecified atom stereocenters. The van der Waals surface area contributed by atoms with E-state index in [1.165, 1.54) is 6.92 Å². The molecule has 0 radical (unpaired) electrons. The minimum absolute atomic E-state index is 0.0521. The third-order valence-corrected chi connectivity index (χ3v) is 2.55. The molecule has 1 fully saturated rings. The summed E-state index contributed by atoms with van der Waals surface area (Å²) in [5.41, 5.74) is -0.704. The first-order chi connectivity index (χ1) is 5.52. The Kier molecular flexibility index (Phi) is 2.73. The van der Waals surface area contributed by atoms with E-state index in [4.69, 9.17) is 0 Å². The molecule has 1 rings (SSSR count). The standard InChI is InChI=1S/C9H17NO2/c1-7(11)10-8-5-3-4-6-9(8,2)12/h8,12H,3-6H2,1-2H3,(H,10,11). The van der Waals surface area contributed by atoms with Crippen LogP contribution >= 0.6 is 0 Å². The molecule has 0 aromatic rings. The first kappa shape index (κ1) is 9.52. The highest BCUT2D eigenvalue weighted by molar-refractivity contribution is 5.73. The van der Waals surface area contributed by atoms with E-state index in [-0.39, 0.29) is 11.9 Å². The summed E-state index contributed by atoms with van der Waals surface area (Å²) < 4.78 is 0. The maximum atomic E-state index is 10.8. The highest BCUT2D eigenvalue weighted by atomic mass is 16.3. The average molecular weight is 171 g/mol. The van der Waals surface area contributed by atoms with Crippen LogP contribution in [0.2, 0.25) is 0 Å². The molecule has 0 aliphatic heterocycles. The van der Waals surface area contributed by atoms with Gasteiger partial charge in [0.25, 0.3) is 0 Å². The van der Waals surface area contributed by atoms with Crippen LogP contribution in [0.1, 0.15) is 39.5 Å². The topological polar surface area (TPSA) is 49.3 Å². The maximum Gasteiger partial charge on any atom is 0.217 e. The average Bonchev–Trinajstić information content (AvgIpc) is 1.92. The Labute approximate surface area is 73.2 Å². The summed E-state index contributed by atoms with van der Waals surface area (Å²) in [6.45, 7) is 3.29. The van der Waals surface area contributed by atoms with Crippen molar-refractivity contribution < 1.29 is 9.90 Å². The Morgan fingerprint density at radius 3 is 2.75 bits per heavy atom. The fourth-order valence-electron chi connectivity index (χ4n) is 1.79. The van der Waals surface area contributed by atoms with E-state index in [1.54, 1.807) is 6.92 Å². The summed E-state index contributed by atoms with van der Waals surface area (Å²) in [7, 11) is 0. The zero-order chi connectivity index (χ0) is 9.19. The van der Waals surface area contributed by atoms with Gasteiger partial charge in [-0.3, -0.25) is 4.79 Å². The van der Waals surface area contributed by atoms with Gasteiger partial charge in [0, 0.05) is 6.92 Å². The summed E-state index contributed by atoms with van der Waals surface area (Å²) in [6, 6.07) is -0.0521. The summed E-state index contributed by atoms with van der Waals surface area (Å²) in [5, 5.41) is 12.7. The summed E-state index contributed by atoms with van der Waals surface area (Å²) >= 11 is 0. The van der Waals surface area contributed by atoms with Crippen molar-refractivity contribution in [1.29, 1.82) is 0 Å². The number of hydrogen-bond donors (Lipinski definition) is 2. The van der Waals surface area contributed by atoms with Crippen LogP contribution in [0.3, 0.4) is 0 Å². The van der Waals surface area contributed by atoms with E-state index in [1.807, 2.05) is 0 Å². The van der Waals surface area contributed by atoms with E-state index in [0.717, 1.165) is 25.7 Å². The van der Waals surface area contributed by atoms with Gasteiger partial charge in [-0.25, -0.2) is 0 Å². The van der Waals surface area contributed by atoms with Gasteiger partial charge in [-0.1, -0.05) is 12.8 Å². The molecule has 1 aliphatic rings. The fraction of sp³-hybridized carbons (Fsp3) is 0.889. The maximum absolute atomic E-state index is 10.8. The minimum atomic E-state index is -0.704. The summed E-state index contributed by atoms with van der Waals surface area (Å²) in [5.74, 6) is -0.0535. The molecule has 3 heteroatoms. The van der Waals surface area contributed by atoms with Crippen LogP contribution in [0, 0.1) is 0 Å². The summed E-state index contributed by atoms with van der Waals surface area (Å²) in [4.78, 5) is 10.8. The Balaban J connectivity index is 2.54. The van der Waals surface area contributed by atoms with Crippen molar-refractivity contribution in [3.8, 4) is 0 Å². The normalized spacial score (nSPS) is 36.1. The smallest absolute Gasteiger partial charge is 0.217 e. The second-order valence-electron chi connectivity index (χ2n) is 3.86. The van der Waals surface area contributed by atoms with Crippen molar-refractivity contribution in [2.75, 3.05) is 0 Å². The highest BCUT2D eigenvalue weighted by Gasteiger charge is 2.34. The molecular weight excluding hydrogens is 154 g/mol. The first-order valence-corrected chi connectivity index (χ1v) is 4.52. The monoisotopic (exact) mass is 171 g/mol. The molecule has 3 nitrogen and oxygen atoms in total. The SMILES string of the molecule is CC(=O)NC1CCCCC1(C)O. The van der Waals surface area contributed by atoms with Crippen molar-refractivity contribution >= 4 is 5.91 Å². The van der Waals surface area contributed by atoms with Crippen LogP contribution < -0.4 is 5.32 Å². The second kappa shape index (κ2) is 3.44. The van der Waals surface area contributed by atoms with Gasteiger partial charge in [0.1, 0.15) is 0 Å². The number of carbonyl (C=O) groups excluding carboxylic acids is 1. The first-order valence-electron chi connectivity index (χ1n) is 4.52. The minimum Gasteiger partial charge on any atom is -0.388 e. The zero-order valence-electron chi connectivity index (χ0n) is 7.76. The Bertz CT molecular complexity index is 177. The number of amides is 1. The molecule has 70 valence electrons. The van der Waals surface area contributed by atoms with Gasteiger partial charge in [-0.05, 0) is 19.8 Å². The van der Waals surface area contributed by atoms with Crippen LogP contribution in [0.25, 0.3) is 0 Å². The van der Waals surface area contributed by atoms with E-state index < -0.39 is 5.60 Å². The van der Waals surface area contributed by atoms with Crippen molar-refractivity contribution in [3.05, 3.63) is 0 Å². The van der Waals surface area contributed by atoms with Crippen LogP contribution in [-0.2, 0) is 4.79 Å². The van der Waals surface area contributed by atoms with Crippen LogP contribution in [0.5, 0.6) is 0 Å². The fourth-order valence-corrected chi connectivity index (χ4v) is 1.79. The van der Waals surface area contributed by atoms with Gasteiger partial charge in [0.05, 0.1) is 11.6 Å². The van der Waals surface area contributed by atoms with E-state index in [0.29, 0.717) is 0 Å².